The van der Waals surface area contributed by atoms with Gasteiger partial charge in [0.15, 0.2) is 0 Å². The maximum absolute atomic E-state index is 12.3. The second-order valence-corrected chi connectivity index (χ2v) is 8.34. The highest BCUT2D eigenvalue weighted by Crippen LogP contribution is 2.31. The fraction of sp³-hybridized carbons (Fsp3) is 0.0526. The monoisotopic (exact) mass is 451 g/mol. The lowest BCUT2D eigenvalue weighted by Crippen LogP contribution is -2.17. The number of nitrogens with one attached hydrogen (secondary N) is 1. The van der Waals surface area contributed by atoms with E-state index in [0.717, 1.165) is 0 Å². The van der Waals surface area contributed by atoms with Crippen LogP contribution in [-0.2, 0) is 21.2 Å². The molecule has 0 saturated heterocycles. The number of aromatic nitrogens is 1. The standard InChI is InChI=1S/C19H15Cl2N3O4S/c20-13-8-15(11-23-10-13)28-17-6-5-14(9-18(17)29(22,26)27)24-19(25)7-12-3-1-2-4-16(12)21/h1-6,8-11H,7H2,(H,24,25)(H2,22,26,27). The summed E-state index contributed by atoms with van der Waals surface area (Å²) in [5.41, 5.74) is 0.884. The minimum Gasteiger partial charge on any atom is -0.454 e. The first kappa shape index (κ1) is 21.1. The number of nitrogens with zero attached hydrogens (tertiary/aromatic N) is 1. The zero-order valence-corrected chi connectivity index (χ0v) is 17.1. The van der Waals surface area contributed by atoms with Crippen LogP contribution in [0.3, 0.4) is 0 Å². The van der Waals surface area contributed by atoms with Gasteiger partial charge < -0.3 is 10.1 Å². The molecule has 3 aromatic rings. The average molecular weight is 452 g/mol. The summed E-state index contributed by atoms with van der Waals surface area (Å²) in [6.45, 7) is 0. The molecule has 0 aliphatic rings. The van der Waals surface area contributed by atoms with E-state index < -0.39 is 10.0 Å². The van der Waals surface area contributed by atoms with Crippen LogP contribution in [0.15, 0.2) is 65.8 Å². The van der Waals surface area contributed by atoms with Crippen LogP contribution in [-0.4, -0.2) is 19.3 Å². The Labute approximate surface area is 177 Å². The van der Waals surface area contributed by atoms with Crippen molar-refractivity contribution in [3.8, 4) is 11.5 Å². The van der Waals surface area contributed by atoms with Gasteiger partial charge in [0.2, 0.25) is 15.9 Å². The van der Waals surface area contributed by atoms with Gasteiger partial charge in [-0.25, -0.2) is 13.6 Å². The van der Waals surface area contributed by atoms with E-state index in [1.807, 2.05) is 0 Å². The summed E-state index contributed by atoms with van der Waals surface area (Å²) in [6.07, 6.45) is 2.81. The Morgan fingerprint density at radius 2 is 1.86 bits per heavy atom. The maximum Gasteiger partial charge on any atom is 0.241 e. The van der Waals surface area contributed by atoms with Crippen LogP contribution in [0.5, 0.6) is 11.5 Å². The summed E-state index contributed by atoms with van der Waals surface area (Å²) in [5, 5.41) is 8.72. The molecule has 0 bridgehead atoms. The second kappa shape index (κ2) is 8.79. The van der Waals surface area contributed by atoms with E-state index in [0.29, 0.717) is 15.6 Å². The van der Waals surface area contributed by atoms with Crippen molar-refractivity contribution in [2.45, 2.75) is 11.3 Å². The Morgan fingerprint density at radius 3 is 2.55 bits per heavy atom. The Balaban J connectivity index is 1.84. The van der Waals surface area contributed by atoms with Crippen LogP contribution in [0.2, 0.25) is 10.0 Å². The maximum atomic E-state index is 12.3. The van der Waals surface area contributed by atoms with Crippen LogP contribution < -0.4 is 15.2 Å². The van der Waals surface area contributed by atoms with Crippen molar-refractivity contribution in [3.63, 3.8) is 0 Å². The third-order valence-electron chi connectivity index (χ3n) is 3.75. The fourth-order valence-electron chi connectivity index (χ4n) is 2.49. The molecule has 0 unspecified atom stereocenters. The number of halogens is 2. The summed E-state index contributed by atoms with van der Waals surface area (Å²) in [4.78, 5) is 15.9. The van der Waals surface area contributed by atoms with Crippen LogP contribution in [0.4, 0.5) is 5.69 Å². The molecular weight excluding hydrogens is 437 g/mol. The molecule has 150 valence electrons. The van der Waals surface area contributed by atoms with Gasteiger partial charge in [0.25, 0.3) is 0 Å². The van der Waals surface area contributed by atoms with Gasteiger partial charge >= 0.3 is 0 Å². The lowest BCUT2D eigenvalue weighted by atomic mass is 10.1. The number of sulfonamides is 1. The van der Waals surface area contributed by atoms with Gasteiger partial charge in [-0.2, -0.15) is 0 Å². The number of carbonyl (C=O) groups excluding carboxylic acids is 1. The van der Waals surface area contributed by atoms with Gasteiger partial charge in [-0.15, -0.1) is 0 Å². The number of hydrogen-bond acceptors (Lipinski definition) is 5. The van der Waals surface area contributed by atoms with Crippen LogP contribution in [0.25, 0.3) is 0 Å². The molecule has 0 aliphatic carbocycles. The Kier molecular flexibility index (Phi) is 6.39. The molecule has 29 heavy (non-hydrogen) atoms. The van der Waals surface area contributed by atoms with E-state index in [1.165, 1.54) is 36.7 Å². The number of pyridine rings is 1. The molecule has 1 aromatic heterocycles. The number of benzene rings is 2. The van der Waals surface area contributed by atoms with Crippen LogP contribution in [0, 0.1) is 0 Å². The first-order valence-corrected chi connectivity index (χ1v) is 10.5. The molecule has 0 atom stereocenters. The van der Waals surface area contributed by atoms with E-state index in [-0.39, 0.29) is 34.4 Å². The van der Waals surface area contributed by atoms with E-state index in [4.69, 9.17) is 33.1 Å². The van der Waals surface area contributed by atoms with Crippen molar-refractivity contribution in [2.24, 2.45) is 5.14 Å². The third-order valence-corrected chi connectivity index (χ3v) is 5.26. The second-order valence-electron chi connectivity index (χ2n) is 5.96. The third kappa shape index (κ3) is 5.68. The van der Waals surface area contributed by atoms with Crippen molar-refractivity contribution in [2.75, 3.05) is 5.32 Å². The average Bonchev–Trinajstić information content (AvgIpc) is 2.64. The first-order chi connectivity index (χ1) is 13.7. The molecule has 0 fully saturated rings. The molecule has 0 aliphatic heterocycles. The zero-order chi connectivity index (χ0) is 21.0. The lowest BCUT2D eigenvalue weighted by molar-refractivity contribution is -0.115. The SMILES string of the molecule is NS(=O)(=O)c1cc(NC(=O)Cc2ccccc2Cl)ccc1Oc1cncc(Cl)c1. The number of carbonyl (C=O) groups is 1. The highest BCUT2D eigenvalue weighted by molar-refractivity contribution is 7.89. The largest absolute Gasteiger partial charge is 0.454 e. The minimum atomic E-state index is -4.14. The summed E-state index contributed by atoms with van der Waals surface area (Å²) < 4.78 is 29.6. The molecule has 0 radical (unpaired) electrons. The van der Waals surface area contributed by atoms with E-state index in [9.17, 15) is 13.2 Å². The minimum absolute atomic E-state index is 0.0246. The van der Waals surface area contributed by atoms with E-state index in [1.54, 1.807) is 24.3 Å². The number of ether oxygens (including phenoxy) is 1. The highest BCUT2D eigenvalue weighted by Gasteiger charge is 2.18. The summed E-state index contributed by atoms with van der Waals surface area (Å²) in [7, 11) is -4.14. The molecular formula is C19H15Cl2N3O4S. The Hall–Kier alpha value is -2.65. The molecule has 7 nitrogen and oxygen atoms in total. The number of anilines is 1. The highest BCUT2D eigenvalue weighted by atomic mass is 35.5. The predicted octanol–water partition coefficient (Wildman–Crippen LogP) is 4.01. The van der Waals surface area contributed by atoms with Crippen molar-refractivity contribution in [1.82, 2.24) is 4.98 Å². The van der Waals surface area contributed by atoms with Gasteiger partial charge in [-0.1, -0.05) is 41.4 Å². The van der Waals surface area contributed by atoms with Gasteiger partial charge in [0.1, 0.15) is 16.4 Å². The number of primary sulfonamides is 1. The normalized spacial score (nSPS) is 11.1. The summed E-state index contributed by atoms with van der Waals surface area (Å²) in [6, 6.07) is 12.5. The Bertz CT molecular complexity index is 1170. The Morgan fingerprint density at radius 1 is 1.10 bits per heavy atom. The molecule has 0 spiro atoms. The number of rotatable bonds is 6. The molecule has 10 heteroatoms. The number of hydrogen-bond donors (Lipinski definition) is 2. The zero-order valence-electron chi connectivity index (χ0n) is 14.8. The van der Waals surface area contributed by atoms with Gasteiger partial charge in [0.05, 0.1) is 17.6 Å². The molecule has 3 rings (SSSR count). The number of nitrogens with two attached hydrogens (primary N) is 1. The molecule has 1 amide bonds. The molecule has 1 heterocycles. The van der Waals surface area contributed by atoms with Crippen LogP contribution in [0.1, 0.15) is 5.56 Å². The van der Waals surface area contributed by atoms with Crippen molar-refractivity contribution in [3.05, 3.63) is 76.5 Å². The fourth-order valence-corrected chi connectivity index (χ4v) is 3.54. The van der Waals surface area contributed by atoms with Gasteiger partial charge in [-0.05, 0) is 29.8 Å². The molecule has 3 N–H and O–H groups in total. The van der Waals surface area contributed by atoms with Crippen molar-refractivity contribution < 1.29 is 17.9 Å². The smallest absolute Gasteiger partial charge is 0.241 e. The quantitative estimate of drug-likeness (QED) is 0.587. The molecule has 0 saturated carbocycles. The summed E-state index contributed by atoms with van der Waals surface area (Å²) >= 11 is 11.9. The van der Waals surface area contributed by atoms with E-state index >= 15 is 0 Å². The van der Waals surface area contributed by atoms with Crippen LogP contribution >= 0.6 is 23.2 Å². The summed E-state index contributed by atoms with van der Waals surface area (Å²) in [5.74, 6) is -0.162. The van der Waals surface area contributed by atoms with Crippen molar-refractivity contribution in [1.29, 1.82) is 0 Å². The van der Waals surface area contributed by atoms with Gasteiger partial charge in [-0.3, -0.25) is 9.78 Å². The van der Waals surface area contributed by atoms with Crippen molar-refractivity contribution >= 4 is 44.8 Å². The topological polar surface area (TPSA) is 111 Å². The number of amides is 1. The first-order valence-electron chi connectivity index (χ1n) is 8.21. The van der Waals surface area contributed by atoms with E-state index in [2.05, 4.69) is 10.3 Å². The molecule has 2 aromatic carbocycles. The predicted molar refractivity (Wildman–Crippen MR) is 111 cm³/mol. The van der Waals surface area contributed by atoms with Gasteiger partial charge in [0, 0.05) is 23.0 Å². The lowest BCUT2D eigenvalue weighted by Gasteiger charge is -2.12.